The molecule has 0 radical (unpaired) electrons. The predicted octanol–water partition coefficient (Wildman–Crippen LogP) is 4.24. The number of hydrogen-bond donors (Lipinski definition) is 0. The highest BCUT2D eigenvalue weighted by atomic mass is 79.9. The smallest absolute Gasteiger partial charge is 0.197 e. The first-order valence-electron chi connectivity index (χ1n) is 6.42. The molecule has 0 amide bonds. The minimum Gasteiger partial charge on any atom is -0.496 e. The summed E-state index contributed by atoms with van der Waals surface area (Å²) in [6.07, 6.45) is 1.72. The summed E-state index contributed by atoms with van der Waals surface area (Å²) >= 11 is 3.38. The number of halogens is 1. The Morgan fingerprint density at radius 1 is 1.10 bits per heavy atom. The van der Waals surface area contributed by atoms with Gasteiger partial charge in [0.2, 0.25) is 0 Å². The van der Waals surface area contributed by atoms with Crippen LogP contribution in [-0.2, 0) is 0 Å². The molecular formula is C17H12BrNO2. The van der Waals surface area contributed by atoms with Crippen molar-refractivity contribution in [2.75, 3.05) is 7.11 Å². The van der Waals surface area contributed by atoms with E-state index in [4.69, 9.17) is 4.74 Å². The molecule has 0 atom stereocenters. The molecule has 3 rings (SSSR count). The number of carbonyl (C=O) groups is 1. The van der Waals surface area contributed by atoms with E-state index in [1.165, 1.54) is 0 Å². The fourth-order valence-electron chi connectivity index (χ4n) is 2.30. The molecule has 0 aliphatic carbocycles. The highest BCUT2D eigenvalue weighted by molar-refractivity contribution is 9.10. The summed E-state index contributed by atoms with van der Waals surface area (Å²) in [4.78, 5) is 17.1. The number of fused-ring (bicyclic) bond motifs is 1. The fraction of sp³-hybridized carbons (Fsp3) is 0.0588. The normalized spacial score (nSPS) is 10.6. The number of benzene rings is 2. The van der Waals surface area contributed by atoms with Gasteiger partial charge in [-0.3, -0.25) is 9.78 Å². The average Bonchev–Trinajstić information content (AvgIpc) is 2.53. The van der Waals surface area contributed by atoms with Crippen LogP contribution in [0.4, 0.5) is 0 Å². The number of ether oxygens (including phenoxy) is 1. The molecule has 21 heavy (non-hydrogen) atoms. The van der Waals surface area contributed by atoms with Crippen molar-refractivity contribution in [1.82, 2.24) is 4.98 Å². The Morgan fingerprint density at radius 3 is 2.76 bits per heavy atom. The van der Waals surface area contributed by atoms with Gasteiger partial charge in [0.1, 0.15) is 5.75 Å². The van der Waals surface area contributed by atoms with Crippen molar-refractivity contribution in [3.63, 3.8) is 0 Å². The van der Waals surface area contributed by atoms with Crippen molar-refractivity contribution >= 4 is 32.6 Å². The third-order valence-electron chi connectivity index (χ3n) is 3.30. The van der Waals surface area contributed by atoms with Gasteiger partial charge in [-0.15, -0.1) is 0 Å². The van der Waals surface area contributed by atoms with E-state index >= 15 is 0 Å². The van der Waals surface area contributed by atoms with Crippen molar-refractivity contribution in [3.05, 3.63) is 70.3 Å². The molecule has 1 aromatic heterocycles. The highest BCUT2D eigenvalue weighted by Gasteiger charge is 2.17. The first-order valence-corrected chi connectivity index (χ1v) is 7.22. The predicted molar refractivity (Wildman–Crippen MR) is 85.9 cm³/mol. The Bertz CT molecular complexity index is 825. The third kappa shape index (κ3) is 2.54. The van der Waals surface area contributed by atoms with Crippen LogP contribution in [0, 0.1) is 0 Å². The van der Waals surface area contributed by atoms with E-state index < -0.39 is 0 Å². The van der Waals surface area contributed by atoms with Crippen molar-refractivity contribution in [1.29, 1.82) is 0 Å². The van der Waals surface area contributed by atoms with Crippen LogP contribution in [-0.4, -0.2) is 17.9 Å². The van der Waals surface area contributed by atoms with Gasteiger partial charge in [-0.25, -0.2) is 0 Å². The van der Waals surface area contributed by atoms with Gasteiger partial charge in [0, 0.05) is 21.6 Å². The number of nitrogens with zero attached hydrogens (tertiary/aromatic N) is 1. The third-order valence-corrected chi connectivity index (χ3v) is 3.79. The lowest BCUT2D eigenvalue weighted by molar-refractivity contribution is 0.103. The van der Waals surface area contributed by atoms with Crippen LogP contribution < -0.4 is 4.74 Å². The Labute approximate surface area is 130 Å². The van der Waals surface area contributed by atoms with Crippen LogP contribution in [0.15, 0.2) is 59.2 Å². The van der Waals surface area contributed by atoms with E-state index in [1.54, 1.807) is 25.4 Å². The topological polar surface area (TPSA) is 39.2 Å². The Hall–Kier alpha value is -2.20. The standard InChI is InChI=1S/C17H12BrNO2/c1-21-16-10-11(18)7-8-14(16)17(20)13-4-2-6-15-12(13)5-3-9-19-15/h2-10H,1H3. The lowest BCUT2D eigenvalue weighted by Gasteiger charge is -2.09. The second-order valence-electron chi connectivity index (χ2n) is 4.55. The second-order valence-corrected chi connectivity index (χ2v) is 5.47. The first kappa shape index (κ1) is 13.8. The monoisotopic (exact) mass is 341 g/mol. The maximum Gasteiger partial charge on any atom is 0.197 e. The number of carbonyl (C=O) groups excluding carboxylic acids is 1. The molecule has 1 heterocycles. The molecule has 0 N–H and O–H groups in total. The SMILES string of the molecule is COc1cc(Br)ccc1C(=O)c1cccc2ncccc12. The van der Waals surface area contributed by atoms with Gasteiger partial charge in [-0.1, -0.05) is 34.1 Å². The van der Waals surface area contributed by atoms with Crippen LogP contribution in [0.5, 0.6) is 5.75 Å². The Balaban J connectivity index is 2.17. The maximum absolute atomic E-state index is 12.8. The van der Waals surface area contributed by atoms with E-state index in [2.05, 4.69) is 20.9 Å². The number of hydrogen-bond acceptors (Lipinski definition) is 3. The quantitative estimate of drug-likeness (QED) is 0.669. The minimum absolute atomic E-state index is 0.0713. The summed E-state index contributed by atoms with van der Waals surface area (Å²) in [6, 6.07) is 14.7. The summed E-state index contributed by atoms with van der Waals surface area (Å²) in [6.45, 7) is 0. The molecule has 0 aliphatic heterocycles. The zero-order chi connectivity index (χ0) is 14.8. The molecular weight excluding hydrogens is 330 g/mol. The first-order chi connectivity index (χ1) is 10.2. The molecule has 2 aromatic carbocycles. The van der Waals surface area contributed by atoms with Gasteiger partial charge >= 0.3 is 0 Å². The van der Waals surface area contributed by atoms with Crippen LogP contribution in [0.2, 0.25) is 0 Å². The van der Waals surface area contributed by atoms with Crippen molar-refractivity contribution in [3.8, 4) is 5.75 Å². The largest absolute Gasteiger partial charge is 0.496 e. The van der Waals surface area contributed by atoms with E-state index in [-0.39, 0.29) is 5.78 Å². The average molecular weight is 342 g/mol. The van der Waals surface area contributed by atoms with Gasteiger partial charge in [0.25, 0.3) is 0 Å². The molecule has 0 saturated heterocycles. The van der Waals surface area contributed by atoms with Gasteiger partial charge in [-0.2, -0.15) is 0 Å². The Morgan fingerprint density at radius 2 is 1.95 bits per heavy atom. The molecule has 0 bridgehead atoms. The zero-order valence-corrected chi connectivity index (χ0v) is 12.9. The number of methoxy groups -OCH3 is 1. The molecule has 3 aromatic rings. The fourth-order valence-corrected chi connectivity index (χ4v) is 2.64. The lowest BCUT2D eigenvalue weighted by Crippen LogP contribution is -2.05. The molecule has 104 valence electrons. The van der Waals surface area contributed by atoms with Crippen molar-refractivity contribution < 1.29 is 9.53 Å². The molecule has 0 unspecified atom stereocenters. The molecule has 0 fully saturated rings. The maximum atomic E-state index is 12.8. The van der Waals surface area contributed by atoms with Gasteiger partial charge < -0.3 is 4.74 Å². The molecule has 4 heteroatoms. The van der Waals surface area contributed by atoms with Crippen LogP contribution >= 0.6 is 15.9 Å². The van der Waals surface area contributed by atoms with Crippen molar-refractivity contribution in [2.45, 2.75) is 0 Å². The summed E-state index contributed by atoms with van der Waals surface area (Å²) in [5.74, 6) is 0.480. The van der Waals surface area contributed by atoms with E-state index in [0.717, 1.165) is 15.4 Å². The van der Waals surface area contributed by atoms with Gasteiger partial charge in [-0.05, 0) is 30.3 Å². The van der Waals surface area contributed by atoms with Crippen LogP contribution in [0.1, 0.15) is 15.9 Å². The lowest BCUT2D eigenvalue weighted by atomic mass is 9.98. The van der Waals surface area contributed by atoms with Crippen LogP contribution in [0.3, 0.4) is 0 Å². The summed E-state index contributed by atoms with van der Waals surface area (Å²) in [5.41, 5.74) is 1.97. The number of pyridine rings is 1. The van der Waals surface area contributed by atoms with E-state index in [0.29, 0.717) is 16.9 Å². The van der Waals surface area contributed by atoms with Crippen molar-refractivity contribution in [2.24, 2.45) is 0 Å². The summed E-state index contributed by atoms with van der Waals surface area (Å²) in [7, 11) is 1.56. The second kappa shape index (κ2) is 5.66. The number of rotatable bonds is 3. The van der Waals surface area contributed by atoms with Gasteiger partial charge in [0.05, 0.1) is 18.2 Å². The molecule has 0 spiro atoms. The highest BCUT2D eigenvalue weighted by Crippen LogP contribution is 2.28. The number of aromatic nitrogens is 1. The molecule has 0 aliphatic rings. The molecule has 3 nitrogen and oxygen atoms in total. The number of ketones is 1. The van der Waals surface area contributed by atoms with E-state index in [9.17, 15) is 4.79 Å². The van der Waals surface area contributed by atoms with Crippen LogP contribution in [0.25, 0.3) is 10.9 Å². The Kier molecular flexibility index (Phi) is 3.71. The molecule has 0 saturated carbocycles. The summed E-state index contributed by atoms with van der Waals surface area (Å²) in [5, 5.41) is 0.843. The van der Waals surface area contributed by atoms with E-state index in [1.807, 2.05) is 36.4 Å². The minimum atomic E-state index is -0.0713. The summed E-state index contributed by atoms with van der Waals surface area (Å²) < 4.78 is 6.19. The zero-order valence-electron chi connectivity index (χ0n) is 11.3. The van der Waals surface area contributed by atoms with Gasteiger partial charge in [0.15, 0.2) is 5.78 Å².